The highest BCUT2D eigenvalue weighted by atomic mass is 79.9. The lowest BCUT2D eigenvalue weighted by atomic mass is 10.3. The molecule has 1 aromatic carbocycles. The summed E-state index contributed by atoms with van der Waals surface area (Å²) in [7, 11) is -3.68. The van der Waals surface area contributed by atoms with Gasteiger partial charge in [-0.15, -0.1) is 0 Å². The molecule has 3 N–H and O–H groups in total. The van der Waals surface area contributed by atoms with Crippen LogP contribution in [0.15, 0.2) is 40.0 Å². The largest absolute Gasteiger partial charge is 0.313 e. The number of anilines is 1. The van der Waals surface area contributed by atoms with Crippen molar-refractivity contribution in [2.24, 2.45) is 0 Å². The molecular formula is C13H17BrN4O2S. The maximum atomic E-state index is 12.4. The van der Waals surface area contributed by atoms with Crippen molar-refractivity contribution in [3.05, 3.63) is 40.5 Å². The van der Waals surface area contributed by atoms with Crippen molar-refractivity contribution in [3.8, 4) is 0 Å². The minimum Gasteiger partial charge on any atom is -0.313 e. The first-order valence-electron chi connectivity index (χ1n) is 6.54. The monoisotopic (exact) mass is 372 g/mol. The summed E-state index contributed by atoms with van der Waals surface area (Å²) in [6.07, 6.45) is 2.51. The Kier molecular flexibility index (Phi) is 5.38. The number of H-pyrrole nitrogens is 1. The van der Waals surface area contributed by atoms with E-state index in [4.69, 9.17) is 0 Å². The van der Waals surface area contributed by atoms with E-state index < -0.39 is 10.0 Å². The second-order valence-corrected chi connectivity index (χ2v) is 7.05. The Bertz CT molecular complexity index is 700. The smallest absolute Gasteiger partial charge is 0.279 e. The molecule has 0 aliphatic heterocycles. The molecule has 0 atom stereocenters. The van der Waals surface area contributed by atoms with E-state index in [1.165, 1.54) is 6.20 Å². The maximum Gasteiger partial charge on any atom is 0.279 e. The molecule has 0 bridgehead atoms. The van der Waals surface area contributed by atoms with Crippen molar-refractivity contribution in [2.45, 2.75) is 24.9 Å². The molecule has 114 valence electrons. The van der Waals surface area contributed by atoms with Crippen LogP contribution < -0.4 is 10.0 Å². The van der Waals surface area contributed by atoms with Crippen molar-refractivity contribution in [1.29, 1.82) is 0 Å². The number of rotatable bonds is 7. The molecule has 2 rings (SSSR count). The van der Waals surface area contributed by atoms with E-state index in [9.17, 15) is 8.42 Å². The topological polar surface area (TPSA) is 86.9 Å². The minimum absolute atomic E-state index is 0.0890. The SMILES string of the molecule is CCCNCc1cn[nH]c1S(=O)(=O)Nc1cccc(Br)c1. The first-order chi connectivity index (χ1) is 10.0. The Morgan fingerprint density at radius 2 is 2.19 bits per heavy atom. The standard InChI is InChI=1S/C13H17BrN4O2S/c1-2-6-15-8-10-9-16-17-13(10)21(19,20)18-12-5-3-4-11(14)7-12/h3-5,7,9,15,18H,2,6,8H2,1H3,(H,16,17). The van der Waals surface area contributed by atoms with E-state index in [1.54, 1.807) is 18.2 Å². The predicted octanol–water partition coefficient (Wildman–Crippen LogP) is 2.47. The number of nitrogens with zero attached hydrogens (tertiary/aromatic N) is 1. The summed E-state index contributed by atoms with van der Waals surface area (Å²) >= 11 is 3.31. The summed E-state index contributed by atoms with van der Waals surface area (Å²) in [5, 5.41) is 9.64. The maximum absolute atomic E-state index is 12.4. The molecule has 1 aromatic heterocycles. The van der Waals surface area contributed by atoms with Crippen LogP contribution in [0.5, 0.6) is 0 Å². The van der Waals surface area contributed by atoms with Gasteiger partial charge in [0.1, 0.15) is 0 Å². The fourth-order valence-corrected chi connectivity index (χ4v) is 3.40. The number of benzene rings is 1. The molecular weight excluding hydrogens is 356 g/mol. The first kappa shape index (κ1) is 16.0. The van der Waals surface area contributed by atoms with E-state index >= 15 is 0 Å². The Labute approximate surface area is 132 Å². The zero-order chi connectivity index (χ0) is 15.3. The normalized spacial score (nSPS) is 11.5. The molecule has 0 radical (unpaired) electrons. The van der Waals surface area contributed by atoms with Crippen LogP contribution in [0.3, 0.4) is 0 Å². The van der Waals surface area contributed by atoms with E-state index in [1.807, 2.05) is 6.07 Å². The van der Waals surface area contributed by atoms with Gasteiger partial charge >= 0.3 is 0 Å². The lowest BCUT2D eigenvalue weighted by Crippen LogP contribution is -2.19. The van der Waals surface area contributed by atoms with E-state index in [0.29, 0.717) is 17.8 Å². The van der Waals surface area contributed by atoms with Crippen molar-refractivity contribution in [2.75, 3.05) is 11.3 Å². The highest BCUT2D eigenvalue weighted by Gasteiger charge is 2.20. The quantitative estimate of drug-likeness (QED) is 0.651. The third-order valence-electron chi connectivity index (χ3n) is 2.77. The van der Waals surface area contributed by atoms with Crippen LogP contribution in [-0.4, -0.2) is 25.2 Å². The summed E-state index contributed by atoms with van der Waals surface area (Å²) < 4.78 is 28.1. The summed E-state index contributed by atoms with van der Waals surface area (Å²) in [6, 6.07) is 6.98. The fourth-order valence-electron chi connectivity index (χ4n) is 1.82. The number of hydrogen-bond acceptors (Lipinski definition) is 4. The minimum atomic E-state index is -3.68. The van der Waals surface area contributed by atoms with Crippen molar-refractivity contribution in [3.63, 3.8) is 0 Å². The molecule has 0 saturated heterocycles. The first-order valence-corrected chi connectivity index (χ1v) is 8.82. The highest BCUT2D eigenvalue weighted by molar-refractivity contribution is 9.10. The van der Waals surface area contributed by atoms with Gasteiger partial charge < -0.3 is 5.32 Å². The summed E-state index contributed by atoms with van der Waals surface area (Å²) in [4.78, 5) is 0. The number of aromatic amines is 1. The summed E-state index contributed by atoms with van der Waals surface area (Å²) in [5.74, 6) is 0. The number of hydrogen-bond donors (Lipinski definition) is 3. The van der Waals surface area contributed by atoms with E-state index in [-0.39, 0.29) is 5.03 Å². The van der Waals surface area contributed by atoms with Gasteiger partial charge in [0.15, 0.2) is 5.03 Å². The molecule has 0 spiro atoms. The van der Waals surface area contributed by atoms with Gasteiger partial charge in [0, 0.05) is 22.3 Å². The third kappa shape index (κ3) is 4.29. The zero-order valence-electron chi connectivity index (χ0n) is 11.6. The lowest BCUT2D eigenvalue weighted by molar-refractivity contribution is 0.593. The van der Waals surface area contributed by atoms with Gasteiger partial charge in [0.25, 0.3) is 10.0 Å². The average Bonchev–Trinajstić information content (AvgIpc) is 2.88. The third-order valence-corrected chi connectivity index (χ3v) is 4.65. The van der Waals surface area contributed by atoms with Crippen LogP contribution in [-0.2, 0) is 16.6 Å². The number of nitrogens with one attached hydrogen (secondary N) is 3. The van der Waals surface area contributed by atoms with Gasteiger partial charge in [-0.25, -0.2) is 0 Å². The molecule has 0 aliphatic rings. The number of sulfonamides is 1. The van der Waals surface area contributed by atoms with Crippen molar-refractivity contribution in [1.82, 2.24) is 15.5 Å². The van der Waals surface area contributed by atoms with Crippen LogP contribution in [0, 0.1) is 0 Å². The van der Waals surface area contributed by atoms with E-state index in [2.05, 4.69) is 43.1 Å². The molecule has 0 aliphatic carbocycles. The fraction of sp³-hybridized carbons (Fsp3) is 0.308. The Morgan fingerprint density at radius 3 is 2.90 bits per heavy atom. The molecule has 0 saturated carbocycles. The Balaban J connectivity index is 2.18. The molecule has 8 heteroatoms. The molecule has 1 heterocycles. The second kappa shape index (κ2) is 7.06. The molecule has 0 amide bonds. The molecule has 6 nitrogen and oxygen atoms in total. The predicted molar refractivity (Wildman–Crippen MR) is 85.5 cm³/mol. The summed E-state index contributed by atoms with van der Waals surface area (Å²) in [6.45, 7) is 3.33. The molecule has 21 heavy (non-hydrogen) atoms. The lowest BCUT2D eigenvalue weighted by Gasteiger charge is -2.09. The van der Waals surface area contributed by atoms with Gasteiger partial charge in [0.2, 0.25) is 0 Å². The van der Waals surface area contributed by atoms with Crippen molar-refractivity contribution >= 4 is 31.6 Å². The Morgan fingerprint density at radius 1 is 1.38 bits per heavy atom. The van der Waals surface area contributed by atoms with Gasteiger partial charge in [-0.3, -0.25) is 9.82 Å². The Hall–Kier alpha value is -1.38. The average molecular weight is 373 g/mol. The molecule has 0 fully saturated rings. The number of aromatic nitrogens is 2. The van der Waals surface area contributed by atoms with E-state index in [0.717, 1.165) is 17.4 Å². The van der Waals surface area contributed by atoms with Gasteiger partial charge in [0.05, 0.1) is 6.20 Å². The van der Waals surface area contributed by atoms with Gasteiger partial charge in [-0.2, -0.15) is 13.5 Å². The van der Waals surface area contributed by atoms with Crippen LogP contribution in [0.4, 0.5) is 5.69 Å². The highest BCUT2D eigenvalue weighted by Crippen LogP contribution is 2.20. The van der Waals surface area contributed by atoms with Gasteiger partial charge in [-0.05, 0) is 31.2 Å². The van der Waals surface area contributed by atoms with Crippen LogP contribution >= 0.6 is 15.9 Å². The van der Waals surface area contributed by atoms with Crippen molar-refractivity contribution < 1.29 is 8.42 Å². The number of halogens is 1. The molecule has 0 unspecified atom stereocenters. The summed E-state index contributed by atoms with van der Waals surface area (Å²) in [5.41, 5.74) is 1.11. The van der Waals surface area contributed by atoms with Crippen LogP contribution in [0.1, 0.15) is 18.9 Å². The van der Waals surface area contributed by atoms with Gasteiger partial charge in [-0.1, -0.05) is 28.9 Å². The van der Waals surface area contributed by atoms with Crippen LogP contribution in [0.25, 0.3) is 0 Å². The van der Waals surface area contributed by atoms with Crippen LogP contribution in [0.2, 0.25) is 0 Å². The zero-order valence-corrected chi connectivity index (χ0v) is 14.0. The molecule has 2 aromatic rings. The second-order valence-electron chi connectivity index (χ2n) is 4.52.